The average molecular weight is 268 g/mol. The van der Waals surface area contributed by atoms with Gasteiger partial charge in [-0.1, -0.05) is 12.1 Å². The van der Waals surface area contributed by atoms with Gasteiger partial charge in [0.2, 0.25) is 0 Å². The highest BCUT2D eigenvalue weighted by atomic mass is 16.5. The minimum atomic E-state index is 0.598. The van der Waals surface area contributed by atoms with Gasteiger partial charge in [-0.3, -0.25) is 0 Å². The Morgan fingerprint density at radius 2 is 1.63 bits per heavy atom. The highest BCUT2D eigenvalue weighted by Gasteiger charge is 2.03. The lowest BCUT2D eigenvalue weighted by Gasteiger charge is -2.20. The molecule has 0 unspecified atom stereocenters. The van der Waals surface area contributed by atoms with Gasteiger partial charge in [0.25, 0.3) is 0 Å². The Hall–Kier alpha value is -1.30. The third-order valence-electron chi connectivity index (χ3n) is 2.72. The van der Waals surface area contributed by atoms with Crippen LogP contribution in [0, 0.1) is 0 Å². The molecule has 0 radical (unpaired) electrons. The maximum absolute atomic E-state index is 5.91. The number of nitrogens with two attached hydrogens (primary N) is 1. The van der Waals surface area contributed by atoms with E-state index in [0.29, 0.717) is 33.0 Å². The fourth-order valence-corrected chi connectivity index (χ4v) is 1.62. The van der Waals surface area contributed by atoms with Crippen molar-refractivity contribution in [3.05, 3.63) is 24.3 Å². The molecule has 0 atom stereocenters. The van der Waals surface area contributed by atoms with Gasteiger partial charge in [0, 0.05) is 20.7 Å². The zero-order valence-corrected chi connectivity index (χ0v) is 11.8. The van der Waals surface area contributed by atoms with Crippen molar-refractivity contribution in [3.63, 3.8) is 0 Å². The Labute approximate surface area is 115 Å². The summed E-state index contributed by atoms with van der Waals surface area (Å²) in [6.07, 6.45) is 0. The summed E-state index contributed by atoms with van der Waals surface area (Å²) in [4.78, 5) is 2.08. The van der Waals surface area contributed by atoms with E-state index in [1.54, 1.807) is 7.11 Å². The second-order valence-corrected chi connectivity index (χ2v) is 4.20. The molecule has 0 fully saturated rings. The summed E-state index contributed by atoms with van der Waals surface area (Å²) in [5, 5.41) is 0. The molecular formula is C14H24N2O3. The summed E-state index contributed by atoms with van der Waals surface area (Å²) in [6.45, 7) is 3.88. The highest BCUT2D eigenvalue weighted by Crippen LogP contribution is 2.20. The molecule has 0 saturated carbocycles. The van der Waals surface area contributed by atoms with Crippen LogP contribution in [0.4, 0.5) is 11.4 Å². The smallest absolute Gasteiger partial charge is 0.0701 e. The molecule has 0 spiro atoms. The van der Waals surface area contributed by atoms with Gasteiger partial charge in [-0.25, -0.2) is 0 Å². The normalized spacial score (nSPS) is 10.6. The van der Waals surface area contributed by atoms with Crippen LogP contribution in [0.2, 0.25) is 0 Å². The Morgan fingerprint density at radius 3 is 2.32 bits per heavy atom. The summed E-state index contributed by atoms with van der Waals surface area (Å²) >= 11 is 0. The van der Waals surface area contributed by atoms with Crippen LogP contribution in [0.25, 0.3) is 0 Å². The predicted molar refractivity (Wildman–Crippen MR) is 77.6 cm³/mol. The van der Waals surface area contributed by atoms with E-state index in [9.17, 15) is 0 Å². The number of hydrogen-bond acceptors (Lipinski definition) is 5. The number of anilines is 2. The van der Waals surface area contributed by atoms with Gasteiger partial charge in [-0.05, 0) is 12.1 Å². The SMILES string of the molecule is COCCOCCOCCN(C)c1ccccc1N. The van der Waals surface area contributed by atoms with Crippen molar-refractivity contribution in [1.29, 1.82) is 0 Å². The van der Waals surface area contributed by atoms with Gasteiger partial charge in [0.05, 0.1) is 44.4 Å². The van der Waals surface area contributed by atoms with Gasteiger partial charge in [-0.15, -0.1) is 0 Å². The second kappa shape index (κ2) is 9.61. The Bertz CT molecular complexity index is 347. The Balaban J connectivity index is 2.08. The topological polar surface area (TPSA) is 57.0 Å². The number of methoxy groups -OCH3 is 1. The zero-order valence-electron chi connectivity index (χ0n) is 11.8. The lowest BCUT2D eigenvalue weighted by molar-refractivity contribution is 0.0266. The van der Waals surface area contributed by atoms with Crippen LogP contribution in [0.1, 0.15) is 0 Å². The lowest BCUT2D eigenvalue weighted by atomic mass is 10.2. The molecular weight excluding hydrogens is 244 g/mol. The minimum Gasteiger partial charge on any atom is -0.397 e. The second-order valence-electron chi connectivity index (χ2n) is 4.20. The first kappa shape index (κ1) is 15.8. The van der Waals surface area contributed by atoms with Crippen LogP contribution < -0.4 is 10.6 Å². The van der Waals surface area contributed by atoms with Crippen LogP contribution in [-0.2, 0) is 14.2 Å². The van der Waals surface area contributed by atoms with Gasteiger partial charge < -0.3 is 24.8 Å². The van der Waals surface area contributed by atoms with Gasteiger partial charge in [-0.2, -0.15) is 0 Å². The van der Waals surface area contributed by atoms with Gasteiger partial charge in [0.15, 0.2) is 0 Å². The van der Waals surface area contributed by atoms with E-state index in [1.165, 1.54) is 0 Å². The van der Waals surface area contributed by atoms with Crippen LogP contribution in [0.15, 0.2) is 24.3 Å². The molecule has 5 nitrogen and oxygen atoms in total. The monoisotopic (exact) mass is 268 g/mol. The van der Waals surface area contributed by atoms with Crippen molar-refractivity contribution in [3.8, 4) is 0 Å². The molecule has 0 bridgehead atoms. The molecule has 5 heteroatoms. The van der Waals surface area contributed by atoms with Crippen LogP contribution in [0.5, 0.6) is 0 Å². The molecule has 0 saturated heterocycles. The van der Waals surface area contributed by atoms with Crippen molar-refractivity contribution in [2.75, 3.05) is 64.4 Å². The number of rotatable bonds is 10. The highest BCUT2D eigenvalue weighted by molar-refractivity contribution is 5.66. The third kappa shape index (κ3) is 6.42. The van der Waals surface area contributed by atoms with Crippen molar-refractivity contribution in [1.82, 2.24) is 0 Å². The van der Waals surface area contributed by atoms with Gasteiger partial charge in [0.1, 0.15) is 0 Å². The first-order valence-electron chi connectivity index (χ1n) is 6.45. The van der Waals surface area contributed by atoms with Crippen LogP contribution in [0.3, 0.4) is 0 Å². The summed E-state index contributed by atoms with van der Waals surface area (Å²) < 4.78 is 15.7. The van der Waals surface area contributed by atoms with E-state index in [2.05, 4.69) is 4.90 Å². The number of nitrogens with zero attached hydrogens (tertiary/aromatic N) is 1. The van der Waals surface area contributed by atoms with Crippen LogP contribution in [-0.4, -0.2) is 53.7 Å². The third-order valence-corrected chi connectivity index (χ3v) is 2.72. The van der Waals surface area contributed by atoms with Crippen LogP contribution >= 0.6 is 0 Å². The number of ether oxygens (including phenoxy) is 3. The number of nitrogen functional groups attached to an aromatic ring is 1. The first-order chi connectivity index (χ1) is 9.25. The first-order valence-corrected chi connectivity index (χ1v) is 6.45. The van der Waals surface area contributed by atoms with Crippen molar-refractivity contribution >= 4 is 11.4 Å². The molecule has 0 heterocycles. The molecule has 1 rings (SSSR count). The summed E-state index contributed by atoms with van der Waals surface area (Å²) in [7, 11) is 3.66. The largest absolute Gasteiger partial charge is 0.397 e. The quantitative estimate of drug-likeness (QED) is 0.513. The molecule has 0 aliphatic heterocycles. The van der Waals surface area contributed by atoms with Crippen molar-refractivity contribution < 1.29 is 14.2 Å². The Kier molecular flexibility index (Phi) is 7.97. The molecule has 2 N–H and O–H groups in total. The van der Waals surface area contributed by atoms with E-state index < -0.39 is 0 Å². The fraction of sp³-hybridized carbons (Fsp3) is 0.571. The molecule has 1 aromatic rings. The van der Waals surface area contributed by atoms with E-state index in [-0.39, 0.29) is 0 Å². The fourth-order valence-electron chi connectivity index (χ4n) is 1.62. The molecule has 0 aromatic heterocycles. The molecule has 1 aromatic carbocycles. The zero-order chi connectivity index (χ0) is 13.9. The van der Waals surface area contributed by atoms with Gasteiger partial charge >= 0.3 is 0 Å². The molecule has 108 valence electrons. The van der Waals surface area contributed by atoms with Crippen molar-refractivity contribution in [2.45, 2.75) is 0 Å². The molecule has 19 heavy (non-hydrogen) atoms. The average Bonchev–Trinajstić information content (AvgIpc) is 2.42. The number of para-hydroxylation sites is 2. The van der Waals surface area contributed by atoms with Crippen molar-refractivity contribution in [2.24, 2.45) is 0 Å². The maximum Gasteiger partial charge on any atom is 0.0701 e. The molecule has 0 aliphatic rings. The predicted octanol–water partition coefficient (Wildman–Crippen LogP) is 1.38. The Morgan fingerprint density at radius 1 is 1.00 bits per heavy atom. The number of benzene rings is 1. The molecule has 0 aliphatic carbocycles. The van der Waals surface area contributed by atoms with E-state index >= 15 is 0 Å². The van der Waals surface area contributed by atoms with E-state index in [1.807, 2.05) is 31.3 Å². The lowest BCUT2D eigenvalue weighted by Crippen LogP contribution is -2.24. The maximum atomic E-state index is 5.91. The summed E-state index contributed by atoms with van der Waals surface area (Å²) in [5.41, 5.74) is 7.72. The number of hydrogen-bond donors (Lipinski definition) is 1. The van der Waals surface area contributed by atoms with E-state index in [0.717, 1.165) is 17.9 Å². The summed E-state index contributed by atoms with van der Waals surface area (Å²) in [5.74, 6) is 0. The standard InChI is InChI=1S/C14H24N2O3/c1-16(14-6-4-3-5-13(14)15)7-8-18-11-12-19-10-9-17-2/h3-6H,7-12,15H2,1-2H3. The molecule has 0 amide bonds. The minimum absolute atomic E-state index is 0.598. The summed E-state index contributed by atoms with van der Waals surface area (Å²) in [6, 6.07) is 7.81. The van der Waals surface area contributed by atoms with E-state index in [4.69, 9.17) is 19.9 Å². The number of likely N-dealkylation sites (N-methyl/N-ethyl adjacent to an activating group) is 1.